The van der Waals surface area contributed by atoms with E-state index >= 15 is 0 Å². The van der Waals surface area contributed by atoms with Crippen LogP contribution in [0.2, 0.25) is 0 Å². The standard InChI is InChI=1S/C21H20N2O3/c1-15-5-7-16(8-6-15)9-10-23-21(26)18(14-22)4-2-3-17-11-19(24)13-20(25)12-17/h2-8,11-13,24-25H,9-10H2,1H3,(H,23,26)/b3-2+,18-4+. The summed E-state index contributed by atoms with van der Waals surface area (Å²) >= 11 is 0. The van der Waals surface area contributed by atoms with Gasteiger partial charge in [0.2, 0.25) is 0 Å². The first-order chi connectivity index (χ1) is 12.5. The number of carbonyl (C=O) groups is 1. The first-order valence-electron chi connectivity index (χ1n) is 8.13. The molecule has 3 N–H and O–H groups in total. The molecule has 0 unspecified atom stereocenters. The van der Waals surface area contributed by atoms with Crippen molar-refractivity contribution >= 4 is 12.0 Å². The zero-order valence-electron chi connectivity index (χ0n) is 14.4. The smallest absolute Gasteiger partial charge is 0.261 e. The molecule has 1 amide bonds. The normalized spacial score (nSPS) is 11.3. The van der Waals surface area contributed by atoms with Gasteiger partial charge in [-0.05, 0) is 42.7 Å². The Morgan fingerprint density at radius 2 is 1.81 bits per heavy atom. The predicted molar refractivity (Wildman–Crippen MR) is 100 cm³/mol. The number of allylic oxidation sites excluding steroid dienone is 2. The molecule has 132 valence electrons. The summed E-state index contributed by atoms with van der Waals surface area (Å²) in [5.74, 6) is -0.575. The summed E-state index contributed by atoms with van der Waals surface area (Å²) in [6, 6.07) is 14.0. The van der Waals surface area contributed by atoms with Crippen molar-refractivity contribution in [3.8, 4) is 17.6 Å². The van der Waals surface area contributed by atoms with E-state index < -0.39 is 5.91 Å². The van der Waals surface area contributed by atoms with Crippen molar-refractivity contribution in [1.29, 1.82) is 5.26 Å². The Hall–Kier alpha value is -3.52. The quantitative estimate of drug-likeness (QED) is 0.424. The number of rotatable bonds is 6. The topological polar surface area (TPSA) is 93.4 Å². The molecule has 0 atom stereocenters. The Bertz CT molecular complexity index is 855. The van der Waals surface area contributed by atoms with E-state index in [1.807, 2.05) is 37.3 Å². The van der Waals surface area contributed by atoms with E-state index in [0.717, 1.165) is 5.56 Å². The van der Waals surface area contributed by atoms with Gasteiger partial charge in [-0.2, -0.15) is 5.26 Å². The zero-order valence-corrected chi connectivity index (χ0v) is 14.4. The Morgan fingerprint density at radius 1 is 1.15 bits per heavy atom. The Labute approximate surface area is 152 Å². The van der Waals surface area contributed by atoms with Crippen LogP contribution >= 0.6 is 0 Å². The molecular weight excluding hydrogens is 328 g/mol. The lowest BCUT2D eigenvalue weighted by Gasteiger charge is -2.04. The van der Waals surface area contributed by atoms with Crippen molar-refractivity contribution in [2.45, 2.75) is 13.3 Å². The monoisotopic (exact) mass is 348 g/mol. The average molecular weight is 348 g/mol. The van der Waals surface area contributed by atoms with Gasteiger partial charge in [0.25, 0.3) is 5.91 Å². The van der Waals surface area contributed by atoms with Crippen LogP contribution in [0.25, 0.3) is 6.08 Å². The van der Waals surface area contributed by atoms with Crippen LogP contribution in [0.15, 0.2) is 60.2 Å². The van der Waals surface area contributed by atoms with E-state index in [1.54, 1.807) is 6.08 Å². The lowest BCUT2D eigenvalue weighted by atomic mass is 10.1. The van der Waals surface area contributed by atoms with Crippen LogP contribution in [-0.2, 0) is 11.2 Å². The number of amides is 1. The number of nitrogens with zero attached hydrogens (tertiary/aromatic N) is 1. The molecule has 2 aromatic rings. The molecule has 0 fully saturated rings. The molecule has 0 aliphatic rings. The number of aromatic hydroxyl groups is 2. The summed E-state index contributed by atoms with van der Waals surface area (Å²) in [7, 11) is 0. The number of phenols is 2. The minimum atomic E-state index is -0.442. The van der Waals surface area contributed by atoms with Crippen molar-refractivity contribution in [3.05, 3.63) is 76.9 Å². The fraction of sp³-hybridized carbons (Fsp3) is 0.143. The van der Waals surface area contributed by atoms with Crippen molar-refractivity contribution in [2.24, 2.45) is 0 Å². The maximum atomic E-state index is 12.1. The molecular formula is C21H20N2O3. The Kier molecular flexibility index (Phi) is 6.58. The molecule has 5 nitrogen and oxygen atoms in total. The predicted octanol–water partition coefficient (Wildman–Crippen LogP) is 3.23. The Balaban J connectivity index is 1.92. The number of aryl methyl sites for hydroxylation is 1. The molecule has 2 rings (SSSR count). The third-order valence-electron chi connectivity index (χ3n) is 3.66. The molecule has 0 saturated carbocycles. The minimum Gasteiger partial charge on any atom is -0.508 e. The van der Waals surface area contributed by atoms with E-state index in [1.165, 1.54) is 35.9 Å². The van der Waals surface area contributed by atoms with E-state index in [-0.39, 0.29) is 17.1 Å². The summed E-state index contributed by atoms with van der Waals surface area (Å²) in [5.41, 5.74) is 2.83. The number of nitrogens with one attached hydrogen (secondary N) is 1. The second-order valence-electron chi connectivity index (χ2n) is 5.83. The molecule has 2 aromatic carbocycles. The van der Waals surface area contributed by atoms with Crippen LogP contribution in [0.5, 0.6) is 11.5 Å². The molecule has 0 spiro atoms. The molecule has 0 aliphatic carbocycles. The molecule has 0 aliphatic heterocycles. The first kappa shape index (κ1) is 18.8. The summed E-state index contributed by atoms with van der Waals surface area (Å²) < 4.78 is 0. The van der Waals surface area contributed by atoms with Gasteiger partial charge in [-0.3, -0.25) is 4.79 Å². The van der Waals surface area contributed by atoms with Gasteiger partial charge in [-0.1, -0.05) is 42.0 Å². The fourth-order valence-corrected chi connectivity index (χ4v) is 2.30. The van der Waals surface area contributed by atoms with E-state index in [2.05, 4.69) is 5.32 Å². The number of carbonyl (C=O) groups excluding carboxylic acids is 1. The van der Waals surface area contributed by atoms with Crippen LogP contribution in [0.4, 0.5) is 0 Å². The number of hydrogen-bond donors (Lipinski definition) is 3. The van der Waals surface area contributed by atoms with Crippen LogP contribution in [-0.4, -0.2) is 22.7 Å². The van der Waals surface area contributed by atoms with Gasteiger partial charge in [0, 0.05) is 12.6 Å². The van der Waals surface area contributed by atoms with Gasteiger partial charge in [-0.25, -0.2) is 0 Å². The number of phenolic OH excluding ortho intramolecular Hbond substituents is 2. The second-order valence-corrected chi connectivity index (χ2v) is 5.83. The highest BCUT2D eigenvalue weighted by Crippen LogP contribution is 2.21. The summed E-state index contributed by atoms with van der Waals surface area (Å²) in [4.78, 5) is 12.1. The van der Waals surface area contributed by atoms with Crippen LogP contribution in [0.3, 0.4) is 0 Å². The van der Waals surface area contributed by atoms with Gasteiger partial charge < -0.3 is 15.5 Å². The fourth-order valence-electron chi connectivity index (χ4n) is 2.30. The van der Waals surface area contributed by atoms with E-state index in [9.17, 15) is 15.0 Å². The summed E-state index contributed by atoms with van der Waals surface area (Å²) in [6.45, 7) is 2.45. The van der Waals surface area contributed by atoms with Gasteiger partial charge in [0.1, 0.15) is 23.1 Å². The average Bonchev–Trinajstić information content (AvgIpc) is 2.59. The zero-order chi connectivity index (χ0) is 18.9. The summed E-state index contributed by atoms with van der Waals surface area (Å²) in [5, 5.41) is 30.7. The van der Waals surface area contributed by atoms with Gasteiger partial charge in [0.05, 0.1) is 0 Å². The number of nitriles is 1. The molecule has 26 heavy (non-hydrogen) atoms. The van der Waals surface area contributed by atoms with Crippen LogP contribution in [0, 0.1) is 18.3 Å². The largest absolute Gasteiger partial charge is 0.508 e. The van der Waals surface area contributed by atoms with Crippen LogP contribution in [0.1, 0.15) is 16.7 Å². The third-order valence-corrected chi connectivity index (χ3v) is 3.66. The van der Waals surface area contributed by atoms with Gasteiger partial charge >= 0.3 is 0 Å². The molecule has 5 heteroatoms. The van der Waals surface area contributed by atoms with Crippen molar-refractivity contribution in [1.82, 2.24) is 5.32 Å². The lowest BCUT2D eigenvalue weighted by Crippen LogP contribution is -2.26. The number of benzene rings is 2. The van der Waals surface area contributed by atoms with E-state index in [0.29, 0.717) is 18.5 Å². The lowest BCUT2D eigenvalue weighted by molar-refractivity contribution is -0.117. The van der Waals surface area contributed by atoms with Gasteiger partial charge in [-0.15, -0.1) is 0 Å². The minimum absolute atomic E-state index is 0.0190. The first-order valence-corrected chi connectivity index (χ1v) is 8.13. The molecule has 0 heterocycles. The molecule has 0 bridgehead atoms. The molecule has 0 aromatic heterocycles. The molecule has 0 radical (unpaired) electrons. The molecule has 0 saturated heterocycles. The van der Waals surface area contributed by atoms with Crippen molar-refractivity contribution in [3.63, 3.8) is 0 Å². The highest BCUT2D eigenvalue weighted by Gasteiger charge is 2.06. The van der Waals surface area contributed by atoms with Crippen molar-refractivity contribution < 1.29 is 15.0 Å². The number of hydrogen-bond acceptors (Lipinski definition) is 4. The Morgan fingerprint density at radius 3 is 2.42 bits per heavy atom. The maximum Gasteiger partial charge on any atom is 0.261 e. The summed E-state index contributed by atoms with van der Waals surface area (Å²) in [6.07, 6.45) is 5.17. The van der Waals surface area contributed by atoms with E-state index in [4.69, 9.17) is 5.26 Å². The van der Waals surface area contributed by atoms with Crippen LogP contribution < -0.4 is 5.32 Å². The maximum absolute atomic E-state index is 12.1. The van der Waals surface area contributed by atoms with Gasteiger partial charge in [0.15, 0.2) is 0 Å². The SMILES string of the molecule is Cc1ccc(CCNC(=O)/C(C#N)=C/C=C/c2cc(O)cc(O)c2)cc1. The van der Waals surface area contributed by atoms with Crippen molar-refractivity contribution in [2.75, 3.05) is 6.54 Å². The third kappa shape index (κ3) is 5.84. The highest BCUT2D eigenvalue weighted by atomic mass is 16.3. The highest BCUT2D eigenvalue weighted by molar-refractivity contribution is 5.97. The second kappa shape index (κ2) is 9.09.